The van der Waals surface area contributed by atoms with Crippen molar-refractivity contribution in [2.75, 3.05) is 31.9 Å². The van der Waals surface area contributed by atoms with Crippen LogP contribution in [0.1, 0.15) is 12.0 Å². The minimum absolute atomic E-state index is 0.00389. The van der Waals surface area contributed by atoms with Gasteiger partial charge in [-0.1, -0.05) is 6.07 Å². The Labute approximate surface area is 112 Å². The highest BCUT2D eigenvalue weighted by molar-refractivity contribution is 7.98. The predicted octanol–water partition coefficient (Wildman–Crippen LogP) is 2.09. The summed E-state index contributed by atoms with van der Waals surface area (Å²) in [4.78, 5) is 0.947. The van der Waals surface area contributed by atoms with Crippen LogP contribution >= 0.6 is 11.8 Å². The van der Waals surface area contributed by atoms with E-state index in [1.165, 1.54) is 0 Å². The maximum atomic E-state index is 9.22. The molecule has 0 saturated heterocycles. The molecule has 5 heteroatoms. The first-order valence-corrected chi connectivity index (χ1v) is 6.92. The van der Waals surface area contributed by atoms with Gasteiger partial charge in [0.1, 0.15) is 6.07 Å². The molecule has 0 aromatic heterocycles. The number of thioether (sulfide) groups is 1. The number of aliphatic hydroxyl groups is 1. The molecule has 0 aliphatic heterocycles. The monoisotopic (exact) mass is 266 g/mol. The van der Waals surface area contributed by atoms with Gasteiger partial charge >= 0.3 is 0 Å². The van der Waals surface area contributed by atoms with E-state index in [4.69, 9.17) is 9.84 Å². The fourth-order valence-corrected chi connectivity index (χ4v) is 2.29. The van der Waals surface area contributed by atoms with Crippen LogP contribution in [0.2, 0.25) is 0 Å². The molecule has 1 aromatic rings. The van der Waals surface area contributed by atoms with E-state index < -0.39 is 0 Å². The van der Waals surface area contributed by atoms with E-state index in [0.29, 0.717) is 18.6 Å². The Morgan fingerprint density at radius 1 is 1.56 bits per heavy atom. The number of rotatable bonds is 7. The fourth-order valence-electron chi connectivity index (χ4n) is 1.71. The number of methoxy groups -OCH3 is 1. The molecular weight excluding hydrogens is 248 g/mol. The van der Waals surface area contributed by atoms with Gasteiger partial charge in [-0.3, -0.25) is 0 Å². The maximum absolute atomic E-state index is 9.22. The molecule has 0 aliphatic rings. The summed E-state index contributed by atoms with van der Waals surface area (Å²) < 4.78 is 5.10. The number of nitriles is 1. The molecule has 1 atom stereocenters. The number of benzene rings is 1. The topological polar surface area (TPSA) is 65.3 Å². The second kappa shape index (κ2) is 7.98. The Balaban J connectivity index is 2.91. The van der Waals surface area contributed by atoms with E-state index in [9.17, 15) is 5.26 Å². The molecule has 1 rings (SSSR count). The highest BCUT2D eigenvalue weighted by atomic mass is 32.2. The van der Waals surface area contributed by atoms with Crippen molar-refractivity contribution in [3.05, 3.63) is 23.8 Å². The first-order valence-electron chi connectivity index (χ1n) is 5.70. The molecule has 1 aromatic carbocycles. The van der Waals surface area contributed by atoms with Crippen molar-refractivity contribution in [1.82, 2.24) is 0 Å². The SMILES string of the molecule is COCC(CCO)Nc1cccc(SC)c1C#N. The molecule has 1 unspecified atom stereocenters. The Morgan fingerprint density at radius 2 is 2.33 bits per heavy atom. The second-order valence-electron chi connectivity index (χ2n) is 3.80. The third-order valence-corrected chi connectivity index (χ3v) is 3.34. The van der Waals surface area contributed by atoms with E-state index in [0.717, 1.165) is 10.6 Å². The van der Waals surface area contributed by atoms with E-state index in [2.05, 4.69) is 11.4 Å². The number of nitrogens with one attached hydrogen (secondary N) is 1. The lowest BCUT2D eigenvalue weighted by atomic mass is 10.1. The van der Waals surface area contributed by atoms with Crippen molar-refractivity contribution < 1.29 is 9.84 Å². The van der Waals surface area contributed by atoms with Crippen LogP contribution in [0.25, 0.3) is 0 Å². The summed E-state index contributed by atoms with van der Waals surface area (Å²) >= 11 is 1.54. The van der Waals surface area contributed by atoms with Crippen LogP contribution in [0.5, 0.6) is 0 Å². The molecule has 0 saturated carbocycles. The number of hydrogen-bond donors (Lipinski definition) is 2. The zero-order chi connectivity index (χ0) is 13.4. The summed E-state index contributed by atoms with van der Waals surface area (Å²) in [6.45, 7) is 0.583. The van der Waals surface area contributed by atoms with Crippen molar-refractivity contribution in [1.29, 1.82) is 5.26 Å². The summed E-state index contributed by atoms with van der Waals surface area (Å²) in [7, 11) is 1.62. The van der Waals surface area contributed by atoms with E-state index in [-0.39, 0.29) is 12.6 Å². The van der Waals surface area contributed by atoms with Gasteiger partial charge in [0.15, 0.2) is 0 Å². The molecule has 0 radical (unpaired) electrons. The Bertz CT molecular complexity index is 412. The largest absolute Gasteiger partial charge is 0.396 e. The summed E-state index contributed by atoms with van der Waals surface area (Å²) in [6, 6.07) is 7.93. The van der Waals surface area contributed by atoms with Crippen molar-refractivity contribution in [3.63, 3.8) is 0 Å². The minimum Gasteiger partial charge on any atom is -0.396 e. The van der Waals surface area contributed by atoms with E-state index in [1.807, 2.05) is 24.5 Å². The quantitative estimate of drug-likeness (QED) is 0.740. The van der Waals surface area contributed by atoms with E-state index in [1.54, 1.807) is 18.9 Å². The van der Waals surface area contributed by atoms with Crippen LogP contribution in [0.4, 0.5) is 5.69 Å². The third-order valence-electron chi connectivity index (χ3n) is 2.56. The molecule has 98 valence electrons. The normalized spacial score (nSPS) is 11.9. The van der Waals surface area contributed by atoms with Gasteiger partial charge in [-0.05, 0) is 24.8 Å². The highest BCUT2D eigenvalue weighted by Crippen LogP contribution is 2.26. The Hall–Kier alpha value is -1.22. The average Bonchev–Trinajstić information content (AvgIpc) is 2.39. The van der Waals surface area contributed by atoms with Crippen LogP contribution in [-0.2, 0) is 4.74 Å². The molecule has 0 fully saturated rings. The number of aliphatic hydroxyl groups excluding tert-OH is 1. The number of ether oxygens (including phenoxy) is 1. The average molecular weight is 266 g/mol. The van der Waals surface area contributed by atoms with Gasteiger partial charge in [-0.2, -0.15) is 5.26 Å². The lowest BCUT2D eigenvalue weighted by molar-refractivity contribution is 0.170. The molecule has 0 amide bonds. The Kier molecular flexibility index (Phi) is 6.58. The van der Waals surface area contributed by atoms with E-state index >= 15 is 0 Å². The zero-order valence-electron chi connectivity index (χ0n) is 10.6. The zero-order valence-corrected chi connectivity index (χ0v) is 11.5. The lowest BCUT2D eigenvalue weighted by Crippen LogP contribution is -2.26. The van der Waals surface area contributed by atoms with Crippen molar-refractivity contribution >= 4 is 17.4 Å². The first kappa shape index (κ1) is 14.8. The molecule has 0 aliphatic carbocycles. The molecule has 2 N–H and O–H groups in total. The summed E-state index contributed by atoms with van der Waals surface area (Å²) in [5.74, 6) is 0. The van der Waals surface area contributed by atoms with Crippen LogP contribution in [0.3, 0.4) is 0 Å². The summed E-state index contributed by atoms with van der Waals surface area (Å²) in [5, 5.41) is 21.5. The number of nitrogens with zero attached hydrogens (tertiary/aromatic N) is 1. The number of anilines is 1. The first-order chi connectivity index (χ1) is 8.76. The Morgan fingerprint density at radius 3 is 2.89 bits per heavy atom. The summed E-state index contributed by atoms with van der Waals surface area (Å²) in [5.41, 5.74) is 1.43. The molecule has 0 heterocycles. The fraction of sp³-hybridized carbons (Fsp3) is 0.462. The van der Waals surface area contributed by atoms with Gasteiger partial charge in [0.25, 0.3) is 0 Å². The van der Waals surface area contributed by atoms with Crippen molar-refractivity contribution in [2.45, 2.75) is 17.4 Å². The van der Waals surface area contributed by atoms with Gasteiger partial charge in [-0.25, -0.2) is 0 Å². The van der Waals surface area contributed by atoms with Gasteiger partial charge in [0.05, 0.1) is 23.9 Å². The van der Waals surface area contributed by atoms with Gasteiger partial charge < -0.3 is 15.2 Å². The summed E-state index contributed by atoms with van der Waals surface area (Å²) in [6.07, 6.45) is 2.53. The maximum Gasteiger partial charge on any atom is 0.102 e. The van der Waals surface area contributed by atoms with Gasteiger partial charge in [0.2, 0.25) is 0 Å². The molecule has 18 heavy (non-hydrogen) atoms. The van der Waals surface area contributed by atoms with Crippen LogP contribution < -0.4 is 5.32 Å². The van der Waals surface area contributed by atoms with Crippen molar-refractivity contribution in [3.8, 4) is 6.07 Å². The smallest absolute Gasteiger partial charge is 0.102 e. The van der Waals surface area contributed by atoms with Crippen molar-refractivity contribution in [2.24, 2.45) is 0 Å². The predicted molar refractivity (Wildman–Crippen MR) is 73.9 cm³/mol. The highest BCUT2D eigenvalue weighted by Gasteiger charge is 2.12. The third kappa shape index (κ3) is 3.91. The van der Waals surface area contributed by atoms with Crippen LogP contribution in [-0.4, -0.2) is 37.7 Å². The second-order valence-corrected chi connectivity index (χ2v) is 4.65. The van der Waals surface area contributed by atoms with Gasteiger partial charge in [0, 0.05) is 18.6 Å². The van der Waals surface area contributed by atoms with Crippen LogP contribution in [0, 0.1) is 11.3 Å². The molecular formula is C13H18N2O2S. The number of hydrogen-bond acceptors (Lipinski definition) is 5. The molecule has 0 spiro atoms. The molecule has 4 nitrogen and oxygen atoms in total. The lowest BCUT2D eigenvalue weighted by Gasteiger charge is -2.19. The van der Waals surface area contributed by atoms with Gasteiger partial charge in [-0.15, -0.1) is 11.8 Å². The minimum atomic E-state index is 0.00389. The standard InChI is InChI=1S/C13H18N2O2S/c1-17-9-10(6-7-16)15-12-4-3-5-13(18-2)11(12)8-14/h3-5,10,15-16H,6-7,9H2,1-2H3. The van der Waals surface area contributed by atoms with Crippen LogP contribution in [0.15, 0.2) is 23.1 Å². The molecule has 0 bridgehead atoms.